The second-order valence-corrected chi connectivity index (χ2v) is 9.22. The molecule has 1 aliphatic heterocycles. The molecule has 1 saturated heterocycles. The van der Waals surface area contributed by atoms with Crippen LogP contribution in [0.1, 0.15) is 61.7 Å². The molecular formula is C27H35N3O. The van der Waals surface area contributed by atoms with E-state index in [1.807, 2.05) is 0 Å². The molecule has 0 bridgehead atoms. The zero-order valence-corrected chi connectivity index (χ0v) is 19.1. The molecule has 2 heterocycles. The molecule has 1 aromatic heterocycles. The fraction of sp³-hybridized carbons (Fsp3) is 0.444. The van der Waals surface area contributed by atoms with E-state index in [2.05, 4.69) is 91.1 Å². The number of likely N-dealkylation sites (tertiary alicyclic amines) is 1. The van der Waals surface area contributed by atoms with Gasteiger partial charge >= 0.3 is 0 Å². The van der Waals surface area contributed by atoms with Gasteiger partial charge in [0.05, 0.1) is 24.9 Å². The highest BCUT2D eigenvalue weighted by molar-refractivity contribution is 5.29. The lowest BCUT2D eigenvalue weighted by atomic mass is 9.99. The highest BCUT2D eigenvalue weighted by Crippen LogP contribution is 2.30. The number of aromatic nitrogens is 2. The summed E-state index contributed by atoms with van der Waals surface area (Å²) in [4.78, 5) is 2.46. The lowest BCUT2D eigenvalue weighted by Crippen LogP contribution is -2.29. The summed E-state index contributed by atoms with van der Waals surface area (Å²) in [5, 5.41) is 5.10. The summed E-state index contributed by atoms with van der Waals surface area (Å²) in [6.07, 6.45) is 4.67. The zero-order valence-electron chi connectivity index (χ0n) is 19.1. The molecule has 1 aliphatic rings. The summed E-state index contributed by atoms with van der Waals surface area (Å²) in [5.74, 6) is 1.47. The maximum atomic E-state index is 5.84. The molecule has 31 heavy (non-hydrogen) atoms. The second-order valence-electron chi connectivity index (χ2n) is 9.22. The topological polar surface area (TPSA) is 30.3 Å². The van der Waals surface area contributed by atoms with E-state index < -0.39 is 0 Å². The van der Waals surface area contributed by atoms with Gasteiger partial charge in [-0.3, -0.25) is 9.58 Å². The smallest absolute Gasteiger partial charge is 0.119 e. The van der Waals surface area contributed by atoms with E-state index in [0.29, 0.717) is 12.0 Å². The van der Waals surface area contributed by atoms with E-state index in [0.717, 1.165) is 31.9 Å². The third kappa shape index (κ3) is 5.76. The first kappa shape index (κ1) is 21.6. The van der Waals surface area contributed by atoms with Crippen molar-refractivity contribution in [2.45, 2.75) is 52.1 Å². The molecule has 3 aromatic rings. The standard InChI is InChI=1S/C27H35N3O/c1-21(2)20-31-25-14-12-23(13-15-25)19-30-24(17-22-9-5-4-6-10-22)18-26(28-30)27-11-7-8-16-29(27)3/h4-6,9-10,12-15,18,21,27H,7-8,11,16-17,19-20H2,1-3H3. The quantitative estimate of drug-likeness (QED) is 0.470. The zero-order chi connectivity index (χ0) is 21.6. The first-order valence-corrected chi connectivity index (χ1v) is 11.6. The Balaban J connectivity index is 1.55. The highest BCUT2D eigenvalue weighted by Gasteiger charge is 2.24. The van der Waals surface area contributed by atoms with Crippen LogP contribution in [0.3, 0.4) is 0 Å². The van der Waals surface area contributed by atoms with Gasteiger partial charge in [-0.2, -0.15) is 5.10 Å². The first-order valence-electron chi connectivity index (χ1n) is 11.6. The van der Waals surface area contributed by atoms with Crippen molar-refractivity contribution in [3.8, 4) is 5.75 Å². The van der Waals surface area contributed by atoms with Gasteiger partial charge in [0.15, 0.2) is 0 Å². The molecule has 0 saturated carbocycles. The molecule has 0 spiro atoms. The monoisotopic (exact) mass is 417 g/mol. The number of rotatable bonds is 8. The SMILES string of the molecule is CC(C)COc1ccc(Cn2nc(C3CCCCN3C)cc2Cc2ccccc2)cc1. The van der Waals surface area contributed by atoms with Gasteiger partial charge < -0.3 is 4.74 Å². The molecule has 164 valence electrons. The lowest BCUT2D eigenvalue weighted by Gasteiger charge is -2.31. The maximum Gasteiger partial charge on any atom is 0.119 e. The molecule has 4 heteroatoms. The van der Waals surface area contributed by atoms with Gasteiger partial charge in [-0.1, -0.05) is 62.7 Å². The number of nitrogens with zero attached hydrogens (tertiary/aromatic N) is 3. The van der Waals surface area contributed by atoms with Gasteiger partial charge in [-0.15, -0.1) is 0 Å². The van der Waals surface area contributed by atoms with Crippen molar-refractivity contribution in [2.24, 2.45) is 5.92 Å². The minimum Gasteiger partial charge on any atom is -0.493 e. The highest BCUT2D eigenvalue weighted by atomic mass is 16.5. The van der Waals surface area contributed by atoms with E-state index in [9.17, 15) is 0 Å². The van der Waals surface area contributed by atoms with Crippen molar-refractivity contribution in [1.29, 1.82) is 0 Å². The molecule has 0 N–H and O–H groups in total. The fourth-order valence-electron chi connectivity index (χ4n) is 4.30. The fourth-order valence-corrected chi connectivity index (χ4v) is 4.30. The molecule has 0 radical (unpaired) electrons. The predicted octanol–water partition coefficient (Wildman–Crippen LogP) is 5.71. The van der Waals surface area contributed by atoms with Crippen LogP contribution in [0.2, 0.25) is 0 Å². The predicted molar refractivity (Wildman–Crippen MR) is 127 cm³/mol. The Morgan fingerprint density at radius 2 is 1.77 bits per heavy atom. The van der Waals surface area contributed by atoms with Crippen molar-refractivity contribution in [2.75, 3.05) is 20.2 Å². The van der Waals surface area contributed by atoms with E-state index in [4.69, 9.17) is 9.84 Å². The largest absolute Gasteiger partial charge is 0.493 e. The van der Waals surface area contributed by atoms with Gasteiger partial charge in [0.25, 0.3) is 0 Å². The Kier molecular flexibility index (Phi) is 7.08. The van der Waals surface area contributed by atoms with Gasteiger partial charge in [0, 0.05) is 12.1 Å². The molecule has 4 nitrogen and oxygen atoms in total. The van der Waals surface area contributed by atoms with Gasteiger partial charge in [0.1, 0.15) is 5.75 Å². The van der Waals surface area contributed by atoms with Crippen molar-refractivity contribution in [3.05, 3.63) is 83.2 Å². The van der Waals surface area contributed by atoms with Crippen LogP contribution in [0.5, 0.6) is 5.75 Å². The van der Waals surface area contributed by atoms with E-state index in [1.165, 1.54) is 41.8 Å². The average Bonchev–Trinajstić information content (AvgIpc) is 3.16. The van der Waals surface area contributed by atoms with E-state index in [-0.39, 0.29) is 0 Å². The molecule has 1 atom stereocenters. The molecule has 1 fully saturated rings. The van der Waals surface area contributed by atoms with Crippen LogP contribution >= 0.6 is 0 Å². The minimum atomic E-state index is 0.427. The number of hydrogen-bond donors (Lipinski definition) is 0. The van der Waals surface area contributed by atoms with Gasteiger partial charge in [0.2, 0.25) is 0 Å². The van der Waals surface area contributed by atoms with Crippen LogP contribution in [-0.4, -0.2) is 34.9 Å². The Morgan fingerprint density at radius 3 is 2.48 bits per heavy atom. The van der Waals surface area contributed by atoms with Crippen molar-refractivity contribution < 1.29 is 4.74 Å². The van der Waals surface area contributed by atoms with E-state index >= 15 is 0 Å². The third-order valence-electron chi connectivity index (χ3n) is 6.06. The summed E-state index contributed by atoms with van der Waals surface area (Å²) < 4.78 is 8.05. The van der Waals surface area contributed by atoms with Crippen molar-refractivity contribution in [3.63, 3.8) is 0 Å². The second kappa shape index (κ2) is 10.1. The Labute approximate surface area is 186 Å². The van der Waals surface area contributed by atoms with Crippen LogP contribution in [-0.2, 0) is 13.0 Å². The number of benzene rings is 2. The van der Waals surface area contributed by atoms with Crippen LogP contribution in [0.15, 0.2) is 60.7 Å². The van der Waals surface area contributed by atoms with Crippen LogP contribution < -0.4 is 4.74 Å². The summed E-state index contributed by atoms with van der Waals surface area (Å²) in [6, 6.07) is 21.9. The maximum absolute atomic E-state index is 5.84. The average molecular weight is 418 g/mol. The Morgan fingerprint density at radius 1 is 1.00 bits per heavy atom. The molecule has 0 amide bonds. The molecule has 2 aromatic carbocycles. The lowest BCUT2D eigenvalue weighted by molar-refractivity contribution is 0.183. The third-order valence-corrected chi connectivity index (χ3v) is 6.06. The minimum absolute atomic E-state index is 0.427. The van der Waals surface area contributed by atoms with Crippen LogP contribution in [0, 0.1) is 5.92 Å². The van der Waals surface area contributed by atoms with Gasteiger partial charge in [-0.05, 0) is 61.7 Å². The molecule has 4 rings (SSSR count). The summed E-state index contributed by atoms with van der Waals surface area (Å²) in [7, 11) is 2.23. The van der Waals surface area contributed by atoms with Crippen LogP contribution in [0.25, 0.3) is 0 Å². The summed E-state index contributed by atoms with van der Waals surface area (Å²) in [5.41, 5.74) is 5.06. The molecule has 1 unspecified atom stereocenters. The Hall–Kier alpha value is -2.59. The normalized spacial score (nSPS) is 17.2. The number of piperidine rings is 1. The van der Waals surface area contributed by atoms with Crippen molar-refractivity contribution >= 4 is 0 Å². The van der Waals surface area contributed by atoms with Crippen LogP contribution in [0.4, 0.5) is 0 Å². The van der Waals surface area contributed by atoms with E-state index in [1.54, 1.807) is 0 Å². The summed E-state index contributed by atoms with van der Waals surface area (Å²) in [6.45, 7) is 7.02. The molecule has 0 aliphatic carbocycles. The first-order chi connectivity index (χ1) is 15.1. The van der Waals surface area contributed by atoms with Crippen molar-refractivity contribution in [1.82, 2.24) is 14.7 Å². The Bertz CT molecular complexity index is 946. The number of ether oxygens (including phenoxy) is 1. The van der Waals surface area contributed by atoms with Gasteiger partial charge in [-0.25, -0.2) is 0 Å². The molecular weight excluding hydrogens is 382 g/mol. The summed E-state index contributed by atoms with van der Waals surface area (Å²) >= 11 is 0. The number of hydrogen-bond acceptors (Lipinski definition) is 3.